The second-order valence-corrected chi connectivity index (χ2v) is 4.47. The van der Waals surface area contributed by atoms with Gasteiger partial charge in [-0.05, 0) is 24.6 Å². The lowest BCUT2D eigenvalue weighted by Gasteiger charge is -2.07. The van der Waals surface area contributed by atoms with Crippen molar-refractivity contribution in [2.75, 3.05) is 14.1 Å². The van der Waals surface area contributed by atoms with Crippen molar-refractivity contribution >= 4 is 5.91 Å². The fourth-order valence-corrected chi connectivity index (χ4v) is 1.57. The zero-order valence-electron chi connectivity index (χ0n) is 11.1. The van der Waals surface area contributed by atoms with E-state index < -0.39 is 6.10 Å². The number of aromatic nitrogens is 3. The van der Waals surface area contributed by atoms with Crippen molar-refractivity contribution in [2.24, 2.45) is 0 Å². The molecule has 0 aromatic carbocycles. The van der Waals surface area contributed by atoms with E-state index in [0.29, 0.717) is 11.5 Å². The Bertz CT molecular complexity index is 573. The van der Waals surface area contributed by atoms with E-state index >= 15 is 0 Å². The fraction of sp³-hybridized carbons (Fsp3) is 0.308. The minimum Gasteiger partial charge on any atom is -0.389 e. The van der Waals surface area contributed by atoms with Gasteiger partial charge in [-0.2, -0.15) is 5.10 Å². The fourth-order valence-electron chi connectivity index (χ4n) is 1.57. The van der Waals surface area contributed by atoms with Gasteiger partial charge in [-0.3, -0.25) is 4.79 Å². The first-order chi connectivity index (χ1) is 8.99. The highest BCUT2D eigenvalue weighted by atomic mass is 16.3. The molecule has 1 amide bonds. The largest absolute Gasteiger partial charge is 0.389 e. The monoisotopic (exact) mass is 260 g/mol. The summed E-state index contributed by atoms with van der Waals surface area (Å²) in [6.07, 6.45) is 2.72. The zero-order chi connectivity index (χ0) is 14.0. The van der Waals surface area contributed by atoms with E-state index in [1.54, 1.807) is 51.6 Å². The molecule has 0 saturated carbocycles. The molecular formula is C13H16N4O2. The summed E-state index contributed by atoms with van der Waals surface area (Å²) >= 11 is 0. The van der Waals surface area contributed by atoms with E-state index in [0.717, 1.165) is 5.56 Å². The minimum atomic E-state index is -0.551. The Balaban J connectivity index is 2.25. The summed E-state index contributed by atoms with van der Waals surface area (Å²) in [5, 5.41) is 13.6. The third-order valence-electron chi connectivity index (χ3n) is 2.70. The van der Waals surface area contributed by atoms with Crippen LogP contribution >= 0.6 is 0 Å². The second kappa shape index (κ2) is 5.19. The van der Waals surface area contributed by atoms with Gasteiger partial charge in [-0.1, -0.05) is 6.07 Å². The highest BCUT2D eigenvalue weighted by Gasteiger charge is 2.12. The van der Waals surface area contributed by atoms with Crippen molar-refractivity contribution in [2.45, 2.75) is 13.0 Å². The Kier molecular flexibility index (Phi) is 3.62. The lowest BCUT2D eigenvalue weighted by atomic mass is 10.2. The molecule has 0 aliphatic heterocycles. The van der Waals surface area contributed by atoms with Crippen LogP contribution in [0, 0.1) is 0 Å². The van der Waals surface area contributed by atoms with Crippen molar-refractivity contribution in [3.05, 3.63) is 41.9 Å². The molecular weight excluding hydrogens is 244 g/mol. The molecule has 6 heteroatoms. The van der Waals surface area contributed by atoms with Crippen LogP contribution in [0.3, 0.4) is 0 Å². The normalized spacial score (nSPS) is 12.2. The van der Waals surface area contributed by atoms with Crippen LogP contribution < -0.4 is 0 Å². The van der Waals surface area contributed by atoms with E-state index in [-0.39, 0.29) is 5.91 Å². The van der Waals surface area contributed by atoms with E-state index in [1.807, 2.05) is 0 Å². The Hall–Kier alpha value is -2.21. The summed E-state index contributed by atoms with van der Waals surface area (Å²) in [4.78, 5) is 17.4. The molecule has 0 spiro atoms. The van der Waals surface area contributed by atoms with Crippen LogP contribution in [0.4, 0.5) is 0 Å². The van der Waals surface area contributed by atoms with Crippen LogP contribution in [-0.4, -0.2) is 44.8 Å². The summed E-state index contributed by atoms with van der Waals surface area (Å²) in [6.45, 7) is 1.68. The summed E-state index contributed by atoms with van der Waals surface area (Å²) in [6, 6.07) is 5.17. The number of hydrogen-bond acceptors (Lipinski definition) is 4. The molecule has 19 heavy (non-hydrogen) atoms. The van der Waals surface area contributed by atoms with E-state index in [4.69, 9.17) is 0 Å². The third kappa shape index (κ3) is 2.79. The molecule has 2 rings (SSSR count). The Morgan fingerprint density at radius 2 is 2.11 bits per heavy atom. The van der Waals surface area contributed by atoms with Gasteiger partial charge in [-0.25, -0.2) is 9.67 Å². The highest BCUT2D eigenvalue weighted by Crippen LogP contribution is 2.12. The standard InChI is InChI=1S/C13H16N4O2/c1-9(18)10-4-5-12(14-8-10)17-7-6-11(15-17)13(19)16(2)3/h4-9,18H,1-3H3/t9-/m0/s1. The lowest BCUT2D eigenvalue weighted by molar-refractivity contribution is 0.0821. The molecule has 0 saturated heterocycles. The number of aliphatic hydroxyl groups is 1. The zero-order valence-corrected chi connectivity index (χ0v) is 11.1. The minimum absolute atomic E-state index is 0.153. The molecule has 0 radical (unpaired) electrons. The van der Waals surface area contributed by atoms with E-state index in [2.05, 4.69) is 10.1 Å². The molecule has 2 aromatic heterocycles. The topological polar surface area (TPSA) is 71.2 Å². The smallest absolute Gasteiger partial charge is 0.273 e. The summed E-state index contributed by atoms with van der Waals surface area (Å²) < 4.78 is 1.53. The van der Waals surface area contributed by atoms with Crippen LogP contribution in [0.5, 0.6) is 0 Å². The predicted molar refractivity (Wildman–Crippen MR) is 70.0 cm³/mol. The first-order valence-electron chi connectivity index (χ1n) is 5.90. The van der Waals surface area contributed by atoms with Crippen LogP contribution in [0.1, 0.15) is 29.1 Å². The van der Waals surface area contributed by atoms with Gasteiger partial charge < -0.3 is 10.0 Å². The van der Waals surface area contributed by atoms with Gasteiger partial charge in [0, 0.05) is 26.5 Å². The number of rotatable bonds is 3. The van der Waals surface area contributed by atoms with Crippen molar-refractivity contribution in [1.82, 2.24) is 19.7 Å². The maximum atomic E-state index is 11.7. The van der Waals surface area contributed by atoms with Gasteiger partial charge in [0.15, 0.2) is 11.5 Å². The number of pyridine rings is 1. The van der Waals surface area contributed by atoms with Gasteiger partial charge in [0.1, 0.15) is 0 Å². The average Bonchev–Trinajstić information content (AvgIpc) is 2.87. The SMILES string of the molecule is C[C@H](O)c1ccc(-n2ccc(C(=O)N(C)C)n2)nc1. The number of aliphatic hydroxyl groups excluding tert-OH is 1. The van der Waals surface area contributed by atoms with Crippen molar-refractivity contribution in [1.29, 1.82) is 0 Å². The van der Waals surface area contributed by atoms with Crippen LogP contribution in [-0.2, 0) is 0 Å². The van der Waals surface area contributed by atoms with Crippen molar-refractivity contribution in [3.8, 4) is 5.82 Å². The molecule has 1 atom stereocenters. The van der Waals surface area contributed by atoms with Crippen molar-refractivity contribution in [3.63, 3.8) is 0 Å². The maximum absolute atomic E-state index is 11.7. The molecule has 0 aliphatic carbocycles. The van der Waals surface area contributed by atoms with E-state index in [1.165, 1.54) is 9.58 Å². The van der Waals surface area contributed by atoms with Gasteiger partial charge in [0.2, 0.25) is 0 Å². The number of carbonyl (C=O) groups excluding carboxylic acids is 1. The lowest BCUT2D eigenvalue weighted by Crippen LogP contribution is -2.22. The summed E-state index contributed by atoms with van der Waals surface area (Å²) in [5.74, 6) is 0.446. The molecule has 2 aromatic rings. The first kappa shape index (κ1) is 13.2. The van der Waals surface area contributed by atoms with Gasteiger partial charge in [0.25, 0.3) is 5.91 Å². The van der Waals surface area contributed by atoms with Gasteiger partial charge in [-0.15, -0.1) is 0 Å². The molecule has 0 unspecified atom stereocenters. The molecule has 100 valence electrons. The van der Waals surface area contributed by atoms with Crippen LogP contribution in [0.2, 0.25) is 0 Å². The third-order valence-corrected chi connectivity index (χ3v) is 2.70. The number of carbonyl (C=O) groups is 1. The van der Waals surface area contributed by atoms with Gasteiger partial charge in [0.05, 0.1) is 6.10 Å². The maximum Gasteiger partial charge on any atom is 0.273 e. The predicted octanol–water partition coefficient (Wildman–Crippen LogP) is 1.02. The summed E-state index contributed by atoms with van der Waals surface area (Å²) in [7, 11) is 3.36. The number of hydrogen-bond donors (Lipinski definition) is 1. The molecule has 0 bridgehead atoms. The Labute approximate surface area is 111 Å². The molecule has 0 fully saturated rings. The first-order valence-corrected chi connectivity index (χ1v) is 5.90. The molecule has 2 heterocycles. The summed E-state index contributed by atoms with van der Waals surface area (Å²) in [5.41, 5.74) is 1.10. The van der Waals surface area contributed by atoms with Crippen LogP contribution in [0.25, 0.3) is 5.82 Å². The van der Waals surface area contributed by atoms with E-state index in [9.17, 15) is 9.90 Å². The van der Waals surface area contributed by atoms with Crippen molar-refractivity contribution < 1.29 is 9.90 Å². The quantitative estimate of drug-likeness (QED) is 0.894. The molecule has 0 aliphatic rings. The Morgan fingerprint density at radius 1 is 1.37 bits per heavy atom. The average molecular weight is 260 g/mol. The molecule has 1 N–H and O–H groups in total. The number of amides is 1. The molecule has 6 nitrogen and oxygen atoms in total. The van der Waals surface area contributed by atoms with Crippen LogP contribution in [0.15, 0.2) is 30.6 Å². The number of nitrogens with zero attached hydrogens (tertiary/aromatic N) is 4. The Morgan fingerprint density at radius 3 is 2.63 bits per heavy atom. The van der Waals surface area contributed by atoms with Gasteiger partial charge >= 0.3 is 0 Å². The second-order valence-electron chi connectivity index (χ2n) is 4.47. The highest BCUT2D eigenvalue weighted by molar-refractivity contribution is 5.91.